The number of rotatable bonds is 11. The summed E-state index contributed by atoms with van der Waals surface area (Å²) in [6.07, 6.45) is 2.19. The van der Waals surface area contributed by atoms with E-state index < -0.39 is 0 Å². The molecule has 2 heterocycles. The quantitative estimate of drug-likeness (QED) is 0.220. The highest BCUT2D eigenvalue weighted by atomic mass is 79.9. The van der Waals surface area contributed by atoms with E-state index in [2.05, 4.69) is 105 Å². The second-order valence-electron chi connectivity index (χ2n) is 12.7. The number of halogens is 1. The van der Waals surface area contributed by atoms with Crippen molar-refractivity contribution >= 4 is 33.7 Å². The number of amidine groups is 1. The van der Waals surface area contributed by atoms with Crippen LogP contribution in [-0.2, 0) is 21.5 Å². The van der Waals surface area contributed by atoms with Crippen molar-refractivity contribution in [1.82, 2.24) is 14.7 Å². The standard InChI is InChI=1S/C34H47BrN4O3/c1-6-11-27-22-39(33(36-35)32(27)26-12-9-8-10-13-26)23-30(40)28-18-25(19-29(20-28)34(3,4)5)21-37-14-16-38(17-15-37)24-31(41)42-7-2/h8-10,12-13,18-20,27,32H,6-7,11,14-17,21-24H2,1-5H3/b36-33-/t27-,32+/m0/s1. The summed E-state index contributed by atoms with van der Waals surface area (Å²) in [4.78, 5) is 32.6. The monoisotopic (exact) mass is 638 g/mol. The number of ketones is 1. The normalized spacial score (nSPS) is 21.2. The van der Waals surface area contributed by atoms with Gasteiger partial charge < -0.3 is 9.64 Å². The van der Waals surface area contributed by atoms with Crippen molar-refractivity contribution in [2.45, 2.75) is 65.3 Å². The van der Waals surface area contributed by atoms with Gasteiger partial charge in [0.2, 0.25) is 0 Å². The predicted molar refractivity (Wildman–Crippen MR) is 173 cm³/mol. The first kappa shape index (κ1) is 32.4. The fraction of sp³-hybridized carbons (Fsp3) is 0.559. The molecule has 2 aromatic carbocycles. The molecule has 8 heteroatoms. The minimum Gasteiger partial charge on any atom is -0.465 e. The first-order valence-corrected chi connectivity index (χ1v) is 16.1. The van der Waals surface area contributed by atoms with E-state index in [1.165, 1.54) is 11.1 Å². The Morgan fingerprint density at radius 3 is 2.29 bits per heavy atom. The van der Waals surface area contributed by atoms with Crippen LogP contribution in [0.4, 0.5) is 0 Å². The third kappa shape index (κ3) is 8.29. The molecule has 0 aliphatic carbocycles. The summed E-state index contributed by atoms with van der Waals surface area (Å²) in [7, 11) is 0. The van der Waals surface area contributed by atoms with E-state index in [-0.39, 0.29) is 23.1 Å². The average Bonchev–Trinajstić information content (AvgIpc) is 3.30. The van der Waals surface area contributed by atoms with Gasteiger partial charge in [-0.2, -0.15) is 4.02 Å². The number of piperazine rings is 1. The molecule has 228 valence electrons. The number of Topliss-reactive ketones (excluding diaryl/α,β-unsaturated/α-hetero) is 1. The van der Waals surface area contributed by atoms with Crippen molar-refractivity contribution < 1.29 is 14.3 Å². The SMILES string of the molecule is CCC[C@H]1CN(CC(=O)c2cc(CN3CCN(CC(=O)OCC)CC3)cc(C(C)(C)C)c2)/C(=N\Br)[C@@H]1c1ccccc1. The summed E-state index contributed by atoms with van der Waals surface area (Å²) in [5.74, 6) is 1.51. The third-order valence-corrected chi connectivity index (χ3v) is 8.84. The van der Waals surface area contributed by atoms with Gasteiger partial charge in [0.05, 0.1) is 35.8 Å². The number of carbonyl (C=O) groups excluding carboxylic acids is 2. The van der Waals surface area contributed by atoms with Crippen LogP contribution in [0.25, 0.3) is 0 Å². The van der Waals surface area contributed by atoms with E-state index in [1.807, 2.05) is 13.0 Å². The summed E-state index contributed by atoms with van der Waals surface area (Å²) in [6.45, 7) is 16.7. The zero-order chi connectivity index (χ0) is 30.3. The Morgan fingerprint density at radius 2 is 1.67 bits per heavy atom. The Bertz CT molecular complexity index is 1240. The first-order valence-electron chi connectivity index (χ1n) is 15.4. The van der Waals surface area contributed by atoms with Crippen LogP contribution in [0.3, 0.4) is 0 Å². The lowest BCUT2D eigenvalue weighted by molar-refractivity contribution is -0.144. The Morgan fingerprint density at radius 1 is 0.976 bits per heavy atom. The van der Waals surface area contributed by atoms with Gasteiger partial charge in [0, 0.05) is 50.7 Å². The summed E-state index contributed by atoms with van der Waals surface area (Å²) in [5, 5.41) is 0. The molecule has 4 rings (SSSR count). The van der Waals surface area contributed by atoms with Crippen molar-refractivity contribution in [3.63, 3.8) is 0 Å². The Labute approximate surface area is 260 Å². The molecule has 0 bridgehead atoms. The van der Waals surface area contributed by atoms with Crippen LogP contribution >= 0.6 is 16.1 Å². The van der Waals surface area contributed by atoms with E-state index in [0.717, 1.165) is 69.1 Å². The molecule has 2 aliphatic heterocycles. The molecule has 7 nitrogen and oxygen atoms in total. The van der Waals surface area contributed by atoms with Gasteiger partial charge >= 0.3 is 5.97 Å². The van der Waals surface area contributed by atoms with Crippen LogP contribution in [0.5, 0.6) is 0 Å². The molecule has 0 saturated carbocycles. The van der Waals surface area contributed by atoms with Gasteiger partial charge in [-0.1, -0.05) is 70.5 Å². The van der Waals surface area contributed by atoms with Gasteiger partial charge in [0.15, 0.2) is 5.78 Å². The summed E-state index contributed by atoms with van der Waals surface area (Å²) >= 11 is 3.41. The number of carbonyl (C=O) groups is 2. The maximum atomic E-state index is 13.9. The molecule has 0 amide bonds. The molecular formula is C34H47BrN4O3. The molecule has 2 aromatic rings. The van der Waals surface area contributed by atoms with E-state index in [4.69, 9.17) is 4.74 Å². The number of benzene rings is 2. The van der Waals surface area contributed by atoms with E-state index in [0.29, 0.717) is 25.6 Å². The zero-order valence-corrected chi connectivity index (χ0v) is 27.5. The topological polar surface area (TPSA) is 65.5 Å². The molecule has 2 aliphatic rings. The van der Waals surface area contributed by atoms with E-state index in [1.54, 1.807) is 0 Å². The molecule has 0 unspecified atom stereocenters. The summed E-state index contributed by atoms with van der Waals surface area (Å²) in [5.41, 5.74) is 4.27. The van der Waals surface area contributed by atoms with Crippen molar-refractivity contribution in [1.29, 1.82) is 0 Å². The van der Waals surface area contributed by atoms with Gasteiger partial charge in [-0.05, 0) is 53.5 Å². The average molecular weight is 640 g/mol. The smallest absolute Gasteiger partial charge is 0.320 e. The molecule has 0 N–H and O–H groups in total. The van der Waals surface area contributed by atoms with Crippen molar-refractivity contribution in [2.24, 2.45) is 9.94 Å². The second kappa shape index (κ2) is 14.8. The van der Waals surface area contributed by atoms with Crippen LogP contribution in [0.15, 0.2) is 52.5 Å². The minimum absolute atomic E-state index is 0.0792. The summed E-state index contributed by atoms with van der Waals surface area (Å²) in [6, 6.07) is 17.0. The number of esters is 1. The molecule has 2 saturated heterocycles. The molecular weight excluding hydrogens is 592 g/mol. The fourth-order valence-corrected chi connectivity index (χ4v) is 6.69. The largest absolute Gasteiger partial charge is 0.465 e. The maximum absolute atomic E-state index is 13.9. The van der Waals surface area contributed by atoms with Crippen LogP contribution in [0.1, 0.15) is 80.4 Å². The lowest BCUT2D eigenvalue weighted by Crippen LogP contribution is -2.47. The van der Waals surface area contributed by atoms with Crippen molar-refractivity contribution in [3.8, 4) is 0 Å². The van der Waals surface area contributed by atoms with E-state index in [9.17, 15) is 9.59 Å². The van der Waals surface area contributed by atoms with Gasteiger partial charge in [-0.15, -0.1) is 0 Å². The highest BCUT2D eigenvalue weighted by molar-refractivity contribution is 9.08. The number of nitrogens with zero attached hydrogens (tertiary/aromatic N) is 4. The van der Waals surface area contributed by atoms with Gasteiger partial charge in [0.1, 0.15) is 5.84 Å². The molecule has 0 spiro atoms. The van der Waals surface area contributed by atoms with Crippen molar-refractivity contribution in [2.75, 3.05) is 52.4 Å². The predicted octanol–water partition coefficient (Wildman–Crippen LogP) is 6.07. The lowest BCUT2D eigenvalue weighted by Gasteiger charge is -2.34. The molecule has 2 atom stereocenters. The van der Waals surface area contributed by atoms with Crippen LogP contribution < -0.4 is 0 Å². The molecule has 2 fully saturated rings. The Balaban J connectivity index is 1.49. The van der Waals surface area contributed by atoms with Gasteiger partial charge in [0.25, 0.3) is 0 Å². The highest BCUT2D eigenvalue weighted by Gasteiger charge is 2.39. The molecule has 0 aromatic heterocycles. The van der Waals surface area contributed by atoms with Crippen LogP contribution in [0.2, 0.25) is 0 Å². The third-order valence-electron chi connectivity index (χ3n) is 8.48. The molecule has 42 heavy (non-hydrogen) atoms. The van der Waals surface area contributed by atoms with Gasteiger partial charge in [-0.3, -0.25) is 19.4 Å². The summed E-state index contributed by atoms with van der Waals surface area (Å²) < 4.78 is 9.67. The maximum Gasteiger partial charge on any atom is 0.320 e. The highest BCUT2D eigenvalue weighted by Crippen LogP contribution is 2.38. The lowest BCUT2D eigenvalue weighted by atomic mass is 9.84. The van der Waals surface area contributed by atoms with Gasteiger partial charge in [-0.25, -0.2) is 0 Å². The number of hydrogen-bond donors (Lipinski definition) is 0. The molecule has 0 radical (unpaired) electrons. The zero-order valence-electron chi connectivity index (χ0n) is 25.9. The first-order chi connectivity index (χ1) is 20.1. The number of ether oxygens (including phenoxy) is 1. The Hall–Kier alpha value is -2.55. The Kier molecular flexibility index (Phi) is 11.4. The van der Waals surface area contributed by atoms with Crippen LogP contribution in [-0.4, -0.2) is 84.7 Å². The second-order valence-corrected chi connectivity index (χ2v) is 13.1. The fourth-order valence-electron chi connectivity index (χ4n) is 6.25. The number of likely N-dealkylation sites (tertiary alicyclic amines) is 1. The number of hydrogen-bond acceptors (Lipinski definition) is 6. The van der Waals surface area contributed by atoms with Crippen LogP contribution in [0, 0.1) is 5.92 Å². The minimum atomic E-state index is -0.158. The van der Waals surface area contributed by atoms with E-state index >= 15 is 0 Å². The van der Waals surface area contributed by atoms with Crippen molar-refractivity contribution in [3.05, 3.63) is 70.8 Å².